The molecule has 0 atom stereocenters. The molecule has 0 radical (unpaired) electrons. The van der Waals surface area contributed by atoms with E-state index < -0.39 is 6.36 Å². The molecular formula is C27H23F3N6O2S. The average molecular weight is 553 g/mol. The van der Waals surface area contributed by atoms with Gasteiger partial charge >= 0.3 is 12.4 Å². The van der Waals surface area contributed by atoms with Crippen LogP contribution in [0.25, 0.3) is 17.1 Å². The second-order valence-corrected chi connectivity index (χ2v) is 9.76. The van der Waals surface area contributed by atoms with Crippen LogP contribution < -0.4 is 10.1 Å². The Morgan fingerprint density at radius 2 is 1.72 bits per heavy atom. The largest absolute Gasteiger partial charge is 0.573 e. The zero-order valence-electron chi connectivity index (χ0n) is 20.9. The van der Waals surface area contributed by atoms with Crippen LogP contribution in [0.5, 0.6) is 5.75 Å². The summed E-state index contributed by atoms with van der Waals surface area (Å²) in [6.07, 6.45) is -3.29. The van der Waals surface area contributed by atoms with E-state index in [2.05, 4.69) is 20.1 Å². The molecule has 0 bridgehead atoms. The molecule has 1 fully saturated rings. The molecule has 0 unspecified atom stereocenters. The van der Waals surface area contributed by atoms with Gasteiger partial charge in [0.2, 0.25) is 0 Å². The van der Waals surface area contributed by atoms with Gasteiger partial charge in [-0.2, -0.15) is 0 Å². The Bertz CT molecular complexity index is 1500. The summed E-state index contributed by atoms with van der Waals surface area (Å²) in [5, 5.41) is 7.98. The van der Waals surface area contributed by atoms with Gasteiger partial charge in [-0.1, -0.05) is 30.0 Å². The van der Waals surface area contributed by atoms with Crippen LogP contribution in [0.3, 0.4) is 0 Å². The van der Waals surface area contributed by atoms with Gasteiger partial charge in [-0.15, -0.1) is 18.3 Å². The number of amides is 2. The fourth-order valence-electron chi connectivity index (χ4n) is 3.97. The maximum Gasteiger partial charge on any atom is 0.573 e. The lowest BCUT2D eigenvalue weighted by Gasteiger charge is -2.17. The summed E-state index contributed by atoms with van der Waals surface area (Å²) in [6, 6.07) is 18.1. The van der Waals surface area contributed by atoms with Crippen molar-refractivity contribution in [2.45, 2.75) is 20.2 Å². The van der Waals surface area contributed by atoms with Gasteiger partial charge in [0.15, 0.2) is 11.0 Å². The number of aromatic nitrogens is 3. The Morgan fingerprint density at radius 1 is 1.03 bits per heavy atom. The highest BCUT2D eigenvalue weighted by Crippen LogP contribution is 2.29. The Balaban J connectivity index is 1.25. The quantitative estimate of drug-likeness (QED) is 0.297. The predicted octanol–water partition coefficient (Wildman–Crippen LogP) is 6.72. The van der Waals surface area contributed by atoms with Crippen LogP contribution in [0.4, 0.5) is 29.3 Å². The fraction of sp³-hybridized carbons (Fsp3) is 0.185. The van der Waals surface area contributed by atoms with Crippen LogP contribution in [0.2, 0.25) is 0 Å². The molecule has 12 heteroatoms. The minimum absolute atomic E-state index is 0.266. The smallest absolute Gasteiger partial charge is 0.406 e. The number of carbonyl (C=O) groups is 1. The molecule has 2 heterocycles. The van der Waals surface area contributed by atoms with E-state index in [4.69, 9.17) is 4.99 Å². The summed E-state index contributed by atoms with van der Waals surface area (Å²) in [5.41, 5.74) is 4.81. The van der Waals surface area contributed by atoms with E-state index in [1.54, 1.807) is 40.9 Å². The number of halogens is 3. The number of hydrogen-bond acceptors (Lipinski definition) is 6. The van der Waals surface area contributed by atoms with E-state index in [-0.39, 0.29) is 11.8 Å². The molecule has 200 valence electrons. The number of hydrogen-bond donors (Lipinski definition) is 1. The number of urea groups is 1. The van der Waals surface area contributed by atoms with Crippen molar-refractivity contribution < 1.29 is 22.7 Å². The predicted molar refractivity (Wildman–Crippen MR) is 145 cm³/mol. The van der Waals surface area contributed by atoms with Crippen LogP contribution in [0.15, 0.2) is 78.0 Å². The number of amidine groups is 1. The van der Waals surface area contributed by atoms with Gasteiger partial charge in [-0.25, -0.2) is 19.5 Å². The fourth-order valence-corrected chi connectivity index (χ4v) is 4.92. The zero-order chi connectivity index (χ0) is 27.6. The number of ether oxygens (including phenoxy) is 1. The van der Waals surface area contributed by atoms with Crippen LogP contribution in [0, 0.1) is 13.8 Å². The van der Waals surface area contributed by atoms with E-state index in [9.17, 15) is 18.0 Å². The van der Waals surface area contributed by atoms with Crippen molar-refractivity contribution in [3.8, 4) is 22.8 Å². The number of nitrogens with zero attached hydrogens (tertiary/aromatic N) is 5. The minimum atomic E-state index is -4.75. The number of carbonyl (C=O) groups excluding carboxylic acids is 1. The second-order valence-electron chi connectivity index (χ2n) is 8.70. The maximum absolute atomic E-state index is 13.0. The third-order valence-corrected chi connectivity index (χ3v) is 6.85. The van der Waals surface area contributed by atoms with Crippen LogP contribution >= 0.6 is 11.8 Å². The molecule has 5 rings (SSSR count). The first-order valence-corrected chi connectivity index (χ1v) is 12.9. The Morgan fingerprint density at radius 3 is 2.38 bits per heavy atom. The Hall–Kier alpha value is -4.32. The lowest BCUT2D eigenvalue weighted by atomic mass is 10.1. The van der Waals surface area contributed by atoms with E-state index in [1.165, 1.54) is 35.3 Å². The third kappa shape index (κ3) is 6.23. The lowest BCUT2D eigenvalue weighted by Crippen LogP contribution is -2.35. The first-order valence-electron chi connectivity index (χ1n) is 11.9. The summed E-state index contributed by atoms with van der Waals surface area (Å²) < 4.78 is 42.5. The van der Waals surface area contributed by atoms with Crippen molar-refractivity contribution in [1.82, 2.24) is 19.7 Å². The molecule has 8 nitrogen and oxygen atoms in total. The highest BCUT2D eigenvalue weighted by molar-refractivity contribution is 8.14. The molecule has 2 amide bonds. The van der Waals surface area contributed by atoms with Crippen LogP contribution in [0.1, 0.15) is 11.1 Å². The topological polar surface area (TPSA) is 84.6 Å². The number of aliphatic imine (C=N–C) groups is 1. The molecule has 1 aromatic heterocycles. The van der Waals surface area contributed by atoms with Gasteiger partial charge in [0.25, 0.3) is 0 Å². The van der Waals surface area contributed by atoms with Gasteiger partial charge in [0, 0.05) is 23.5 Å². The van der Waals surface area contributed by atoms with Crippen molar-refractivity contribution in [2.75, 3.05) is 17.6 Å². The highest BCUT2D eigenvalue weighted by Gasteiger charge is 2.31. The maximum atomic E-state index is 13.0. The number of alkyl halides is 3. The SMILES string of the molecule is Cc1cccc(C)c1N=C1SCCN1C(=O)Nc1ccc(-c2ncn(-c3ccc(OC(F)(F)F)cc3)n2)cc1. The number of para-hydroxylation sites is 1. The number of aryl methyl sites for hydroxylation is 2. The van der Waals surface area contributed by atoms with Crippen molar-refractivity contribution >= 4 is 34.3 Å². The number of thioether (sulfide) groups is 1. The van der Waals surface area contributed by atoms with Crippen molar-refractivity contribution in [1.29, 1.82) is 0 Å². The molecule has 1 saturated heterocycles. The standard InChI is InChI=1S/C27H23F3N6O2S/c1-17-4-3-5-18(2)23(17)33-26-35(14-15-39-26)25(37)32-20-8-6-19(7-9-20)24-31-16-36(34-24)21-10-12-22(13-11-21)38-27(28,29)30/h3-13,16H,14-15H2,1-2H3,(H,32,37). The van der Waals surface area contributed by atoms with Gasteiger partial charge in [-0.3, -0.25) is 4.90 Å². The molecule has 3 aromatic carbocycles. The number of anilines is 1. The van der Waals surface area contributed by atoms with Crippen molar-refractivity contribution in [3.05, 3.63) is 84.2 Å². The third-order valence-electron chi connectivity index (χ3n) is 5.89. The number of rotatable bonds is 5. The van der Waals surface area contributed by atoms with Gasteiger partial charge in [0.1, 0.15) is 12.1 Å². The summed E-state index contributed by atoms with van der Waals surface area (Å²) in [7, 11) is 0. The van der Waals surface area contributed by atoms with E-state index >= 15 is 0 Å². The first kappa shape index (κ1) is 26.3. The minimum Gasteiger partial charge on any atom is -0.406 e. The lowest BCUT2D eigenvalue weighted by molar-refractivity contribution is -0.274. The summed E-state index contributed by atoms with van der Waals surface area (Å²) in [6.45, 7) is 4.56. The first-order chi connectivity index (χ1) is 18.7. The number of nitrogens with one attached hydrogen (secondary N) is 1. The summed E-state index contributed by atoms with van der Waals surface area (Å²) >= 11 is 1.54. The molecule has 39 heavy (non-hydrogen) atoms. The van der Waals surface area contributed by atoms with Crippen LogP contribution in [-0.4, -0.2) is 49.5 Å². The molecule has 0 spiro atoms. The molecule has 1 aliphatic heterocycles. The molecule has 1 N–H and O–H groups in total. The Labute approximate surface area is 226 Å². The summed E-state index contributed by atoms with van der Waals surface area (Å²) in [4.78, 5) is 23.7. The molecule has 0 aliphatic carbocycles. The molecular weight excluding hydrogens is 529 g/mol. The van der Waals surface area contributed by atoms with Gasteiger partial charge in [-0.05, 0) is 73.5 Å². The monoisotopic (exact) mass is 552 g/mol. The second kappa shape index (κ2) is 10.8. The van der Waals surface area contributed by atoms with Crippen molar-refractivity contribution in [3.63, 3.8) is 0 Å². The number of benzene rings is 3. The van der Waals surface area contributed by atoms with Gasteiger partial charge < -0.3 is 10.1 Å². The van der Waals surface area contributed by atoms with Crippen molar-refractivity contribution in [2.24, 2.45) is 4.99 Å². The normalized spacial score (nSPS) is 14.6. The van der Waals surface area contributed by atoms with E-state index in [1.807, 2.05) is 32.0 Å². The van der Waals surface area contributed by atoms with Gasteiger partial charge in [0.05, 0.1) is 11.4 Å². The molecule has 4 aromatic rings. The summed E-state index contributed by atoms with van der Waals surface area (Å²) in [5.74, 6) is 0.866. The molecule has 1 aliphatic rings. The van der Waals surface area contributed by atoms with Crippen LogP contribution in [-0.2, 0) is 0 Å². The molecule has 0 saturated carbocycles. The zero-order valence-corrected chi connectivity index (χ0v) is 21.8. The Kier molecular flexibility index (Phi) is 7.29. The van der Waals surface area contributed by atoms with E-state index in [0.29, 0.717) is 34.5 Å². The average Bonchev–Trinajstić information content (AvgIpc) is 3.57. The van der Waals surface area contributed by atoms with E-state index in [0.717, 1.165) is 22.6 Å². The highest BCUT2D eigenvalue weighted by atomic mass is 32.2.